The third-order valence-corrected chi connectivity index (χ3v) is 14.7. The third-order valence-electron chi connectivity index (χ3n) is 14.7. The van der Waals surface area contributed by atoms with Gasteiger partial charge in [0, 0.05) is 73.9 Å². The average molecular weight is 953 g/mol. The summed E-state index contributed by atoms with van der Waals surface area (Å²) >= 11 is 0. The zero-order chi connectivity index (χ0) is 49.3. The summed E-state index contributed by atoms with van der Waals surface area (Å²) in [7, 11) is 4.25. The number of allylic oxidation sites excluding steroid dienone is 1. The Labute approximate surface area is 428 Å². The topological polar surface area (TPSA) is 59.5 Å². The predicted octanol–water partition coefficient (Wildman–Crippen LogP) is 14.4. The van der Waals surface area contributed by atoms with Gasteiger partial charge < -0.3 is 9.47 Å². The van der Waals surface area contributed by atoms with E-state index in [1.54, 1.807) is 0 Å². The minimum Gasteiger partial charge on any atom is -0.310 e. The number of aromatic nitrogens is 7. The number of hydrogen-bond donors (Lipinski definition) is 0. The number of pyridine rings is 2. The molecule has 0 radical (unpaired) electrons. The fourth-order valence-corrected chi connectivity index (χ4v) is 11.3. The number of fused-ring (bicyclic) bond motifs is 8. The van der Waals surface area contributed by atoms with Crippen LogP contribution >= 0.6 is 0 Å². The first-order valence-corrected chi connectivity index (χ1v) is 25.1. The summed E-state index contributed by atoms with van der Waals surface area (Å²) < 4.78 is 9.07. The van der Waals surface area contributed by atoms with Crippen molar-refractivity contribution in [2.75, 3.05) is 4.90 Å². The molecule has 0 fully saturated rings. The molecule has 5 aromatic heterocycles. The van der Waals surface area contributed by atoms with E-state index in [1.807, 2.05) is 36.4 Å². The van der Waals surface area contributed by atoms with Crippen molar-refractivity contribution in [3.8, 4) is 56.9 Å². The molecule has 0 bridgehead atoms. The maximum Gasteiger partial charge on any atom is 0.238 e. The minimum atomic E-state index is 0.546. The molecular weight excluding hydrogens is 905 g/mol. The second-order valence-electron chi connectivity index (χ2n) is 19.0. The summed E-state index contributed by atoms with van der Waals surface area (Å²) in [4.78, 5) is 18.3. The molecule has 0 atom stereocenters. The number of aryl methyl sites for hydroxylation is 2. The highest BCUT2D eigenvalue weighted by Gasteiger charge is 2.28. The Morgan fingerprint density at radius 1 is 0.405 bits per heavy atom. The van der Waals surface area contributed by atoms with Crippen LogP contribution in [-0.4, -0.2) is 24.1 Å². The molecule has 74 heavy (non-hydrogen) atoms. The molecule has 8 heteroatoms. The Morgan fingerprint density at radius 2 is 0.959 bits per heavy atom. The van der Waals surface area contributed by atoms with Crippen LogP contribution in [0.25, 0.3) is 107 Å². The number of nitrogens with zero attached hydrogens (tertiary/aromatic N) is 8. The van der Waals surface area contributed by atoms with E-state index in [1.165, 1.54) is 16.5 Å². The summed E-state index contributed by atoms with van der Waals surface area (Å²) in [6, 6.07) is 77.8. The van der Waals surface area contributed by atoms with Crippen LogP contribution in [-0.2, 0) is 20.5 Å². The van der Waals surface area contributed by atoms with Gasteiger partial charge in [-0.3, -0.25) is 4.57 Å². The van der Waals surface area contributed by atoms with E-state index in [9.17, 15) is 0 Å². The van der Waals surface area contributed by atoms with Crippen molar-refractivity contribution in [1.29, 1.82) is 0 Å². The van der Waals surface area contributed by atoms with Gasteiger partial charge in [-0.15, -0.1) is 0 Å². The molecule has 0 saturated heterocycles. The molecule has 0 spiro atoms. The molecule has 0 unspecified atom stereocenters. The monoisotopic (exact) mass is 952 g/mol. The molecule has 0 amide bonds. The van der Waals surface area contributed by atoms with Crippen molar-refractivity contribution in [3.05, 3.63) is 248 Å². The Hall–Kier alpha value is -9.79. The molecule has 8 aromatic carbocycles. The van der Waals surface area contributed by atoms with Crippen LogP contribution < -0.4 is 14.0 Å². The van der Waals surface area contributed by atoms with Gasteiger partial charge in [0.2, 0.25) is 17.3 Å². The highest BCUT2D eigenvalue weighted by molar-refractivity contribution is 6.19. The van der Waals surface area contributed by atoms with Gasteiger partial charge in [-0.05, 0) is 96.9 Å². The van der Waals surface area contributed by atoms with Gasteiger partial charge in [-0.1, -0.05) is 121 Å². The standard InChI is InChI=1S/C66H48N8/c1-70-39-16-14-32-56(70)48-30-19-35-59-50(48)28-18-29-51-49(57-33-15-17-40-71(57)2)31-20-36-60(51)73(59)47-37-38-61-53(41-47)55-43-62-54(52-27-12-13-34-58(52)72(62)46-25-10-5-11-26-46)42-63(55)74(61)66-68-64(44-21-6-3-7-22-44)67-65(69-66)45-23-8-4-9-24-45/h3-28,30-43H,29H2,1-2H3/q+2/b28-18-. The summed E-state index contributed by atoms with van der Waals surface area (Å²) in [5, 5.41) is 4.47. The van der Waals surface area contributed by atoms with Crippen LogP contribution in [0.2, 0.25) is 0 Å². The van der Waals surface area contributed by atoms with Crippen LogP contribution in [0.5, 0.6) is 0 Å². The molecule has 0 aliphatic carbocycles. The van der Waals surface area contributed by atoms with Crippen LogP contribution in [0.3, 0.4) is 0 Å². The largest absolute Gasteiger partial charge is 0.310 e. The molecule has 1 aliphatic rings. The van der Waals surface area contributed by atoms with E-state index in [0.29, 0.717) is 17.6 Å². The molecule has 6 heterocycles. The zero-order valence-electron chi connectivity index (χ0n) is 40.9. The van der Waals surface area contributed by atoms with Gasteiger partial charge in [0.25, 0.3) is 0 Å². The first-order valence-electron chi connectivity index (χ1n) is 25.1. The van der Waals surface area contributed by atoms with E-state index in [2.05, 4.69) is 244 Å². The number of rotatable bonds is 7. The molecule has 0 saturated carbocycles. The fourth-order valence-electron chi connectivity index (χ4n) is 11.3. The number of anilines is 3. The summed E-state index contributed by atoms with van der Waals surface area (Å²) in [5.41, 5.74) is 17.5. The van der Waals surface area contributed by atoms with Crippen LogP contribution in [0.15, 0.2) is 237 Å². The molecule has 13 aromatic rings. The van der Waals surface area contributed by atoms with E-state index in [4.69, 9.17) is 15.0 Å². The number of benzene rings is 8. The Balaban J connectivity index is 1.09. The highest BCUT2D eigenvalue weighted by Crippen LogP contribution is 2.47. The predicted molar refractivity (Wildman–Crippen MR) is 300 cm³/mol. The summed E-state index contributed by atoms with van der Waals surface area (Å²) in [5.74, 6) is 1.76. The van der Waals surface area contributed by atoms with Crippen LogP contribution in [0, 0.1) is 0 Å². The fraction of sp³-hybridized carbons (Fsp3) is 0.0455. The second-order valence-corrected chi connectivity index (χ2v) is 19.0. The van der Waals surface area contributed by atoms with Gasteiger partial charge in [-0.25, -0.2) is 14.1 Å². The normalized spacial score (nSPS) is 12.8. The van der Waals surface area contributed by atoms with Gasteiger partial charge in [0.1, 0.15) is 14.1 Å². The smallest absolute Gasteiger partial charge is 0.238 e. The van der Waals surface area contributed by atoms with Crippen LogP contribution in [0.4, 0.5) is 17.1 Å². The summed E-state index contributed by atoms with van der Waals surface area (Å²) in [6.07, 6.45) is 9.65. The van der Waals surface area contributed by atoms with Gasteiger partial charge in [0.05, 0.1) is 44.6 Å². The van der Waals surface area contributed by atoms with Crippen molar-refractivity contribution >= 4 is 66.7 Å². The maximum absolute atomic E-state index is 5.37. The van der Waals surface area contributed by atoms with E-state index in [-0.39, 0.29) is 0 Å². The van der Waals surface area contributed by atoms with Crippen molar-refractivity contribution in [2.24, 2.45) is 14.1 Å². The van der Waals surface area contributed by atoms with Crippen molar-refractivity contribution in [1.82, 2.24) is 24.1 Å². The minimum absolute atomic E-state index is 0.546. The molecule has 350 valence electrons. The Kier molecular flexibility index (Phi) is 10.2. The van der Waals surface area contributed by atoms with Gasteiger partial charge in [-0.2, -0.15) is 9.97 Å². The molecule has 8 nitrogen and oxygen atoms in total. The molecule has 1 aliphatic heterocycles. The zero-order valence-corrected chi connectivity index (χ0v) is 40.9. The first-order chi connectivity index (χ1) is 36.6. The molecule has 14 rings (SSSR count). The van der Waals surface area contributed by atoms with Crippen molar-refractivity contribution in [2.45, 2.75) is 6.42 Å². The van der Waals surface area contributed by atoms with E-state index in [0.717, 1.165) is 101 Å². The molecule has 0 N–H and O–H groups in total. The Morgan fingerprint density at radius 3 is 1.65 bits per heavy atom. The third kappa shape index (κ3) is 7.02. The van der Waals surface area contributed by atoms with Crippen molar-refractivity contribution < 1.29 is 9.13 Å². The lowest BCUT2D eigenvalue weighted by atomic mass is 9.92. The van der Waals surface area contributed by atoms with Gasteiger partial charge in [0.15, 0.2) is 24.0 Å². The quantitative estimate of drug-likeness (QED) is 0.149. The van der Waals surface area contributed by atoms with E-state index < -0.39 is 0 Å². The first kappa shape index (κ1) is 43.0. The lowest BCUT2D eigenvalue weighted by Crippen LogP contribution is -2.30. The van der Waals surface area contributed by atoms with Crippen molar-refractivity contribution in [3.63, 3.8) is 0 Å². The maximum atomic E-state index is 5.37. The number of hydrogen-bond acceptors (Lipinski definition) is 4. The number of para-hydroxylation sites is 2. The molecular formula is C66H48N8+2. The summed E-state index contributed by atoms with van der Waals surface area (Å²) in [6.45, 7) is 0. The SMILES string of the molecule is C[n+]1ccccc1-c1cccc2c1/C=C\Cc1c(-c3cccc[n+]3C)cccc1N2c1ccc2c(c1)c1cc3c(cc1n2-c1nc(-c2ccccc2)nc(-c2ccccc2)n1)c1ccccc1n3-c1ccccc1. The van der Waals surface area contributed by atoms with E-state index >= 15 is 0 Å². The highest BCUT2D eigenvalue weighted by atomic mass is 15.2. The van der Waals surface area contributed by atoms with Gasteiger partial charge >= 0.3 is 0 Å². The van der Waals surface area contributed by atoms with Crippen LogP contribution in [0.1, 0.15) is 11.1 Å². The Bertz CT molecular complexity index is 4310. The lowest BCUT2D eigenvalue weighted by molar-refractivity contribution is -0.660. The second kappa shape index (κ2) is 17.5. The average Bonchev–Trinajstić information content (AvgIpc) is 4.00. The lowest BCUT2D eigenvalue weighted by Gasteiger charge is -2.31.